The molecule has 30 heavy (non-hydrogen) atoms. The predicted octanol–water partition coefficient (Wildman–Crippen LogP) is 3.72. The fraction of sp³-hybridized carbons (Fsp3) is 0.222. The van der Waals surface area contributed by atoms with Crippen LogP contribution in [0.1, 0.15) is 17.0 Å². The smallest absolute Gasteiger partial charge is 0.421 e. The number of hydrogen-bond acceptors (Lipinski definition) is 6. The molecule has 0 saturated carbocycles. The highest BCUT2D eigenvalue weighted by molar-refractivity contribution is 7.90. The summed E-state index contributed by atoms with van der Waals surface area (Å²) in [7, 11) is -4.40. The number of benzene rings is 2. The monoisotopic (exact) mass is 441 g/mol. The molecule has 12 heteroatoms. The summed E-state index contributed by atoms with van der Waals surface area (Å²) in [5.41, 5.74) is 0.452. The van der Waals surface area contributed by atoms with Crippen molar-refractivity contribution in [2.45, 2.75) is 31.0 Å². The molecule has 0 spiro atoms. The van der Waals surface area contributed by atoms with Crippen molar-refractivity contribution in [2.75, 3.05) is 0 Å². The number of ether oxygens (including phenoxy) is 2. The van der Waals surface area contributed by atoms with Crippen LogP contribution in [0.5, 0.6) is 11.5 Å². The Bertz CT molecular complexity index is 1360. The minimum Gasteiger partial charge on any atom is -0.421 e. The molecule has 0 atom stereocenters. The molecule has 1 aliphatic heterocycles. The second-order valence-electron chi connectivity index (χ2n) is 6.61. The van der Waals surface area contributed by atoms with Crippen LogP contribution in [0.2, 0.25) is 0 Å². The van der Waals surface area contributed by atoms with Crippen molar-refractivity contribution in [3.63, 3.8) is 0 Å². The number of nitrogens with zero attached hydrogens (tertiary/aromatic N) is 3. The van der Waals surface area contributed by atoms with E-state index in [1.54, 1.807) is 32.0 Å². The molecule has 0 aliphatic carbocycles. The van der Waals surface area contributed by atoms with Crippen molar-refractivity contribution in [1.29, 1.82) is 5.26 Å². The van der Waals surface area contributed by atoms with Gasteiger partial charge in [-0.2, -0.15) is 22.8 Å². The van der Waals surface area contributed by atoms with Crippen LogP contribution in [-0.4, -0.2) is 29.6 Å². The number of hydrogen-bond donors (Lipinski definition) is 0. The number of rotatable bonds is 2. The molecule has 0 unspecified atom stereocenters. The summed E-state index contributed by atoms with van der Waals surface area (Å²) in [6.07, 6.45) is -9.93. The molecule has 0 N–H and O–H groups in total. The molecule has 4 rings (SSSR count). The third-order valence-corrected chi connectivity index (χ3v) is 6.30. The number of aryl methyl sites for hydroxylation is 2. The lowest BCUT2D eigenvalue weighted by Crippen LogP contribution is -2.52. The third kappa shape index (κ3) is 2.77. The second-order valence-corrected chi connectivity index (χ2v) is 8.37. The zero-order valence-corrected chi connectivity index (χ0v) is 16.1. The van der Waals surface area contributed by atoms with E-state index in [1.165, 1.54) is 6.07 Å². The molecule has 2 aromatic carbocycles. The summed E-state index contributed by atoms with van der Waals surface area (Å²) in [5, 5.41) is 9.38. The van der Waals surface area contributed by atoms with Crippen LogP contribution < -0.4 is 9.47 Å². The Balaban J connectivity index is 2.00. The van der Waals surface area contributed by atoms with Gasteiger partial charge in [-0.05, 0) is 31.0 Å². The molecule has 3 aromatic rings. The number of nitriles is 1. The summed E-state index contributed by atoms with van der Waals surface area (Å²) < 4.78 is 89.2. The van der Waals surface area contributed by atoms with Gasteiger partial charge >= 0.3 is 12.2 Å². The Morgan fingerprint density at radius 2 is 1.63 bits per heavy atom. The van der Waals surface area contributed by atoms with Crippen molar-refractivity contribution in [2.24, 2.45) is 0 Å². The van der Waals surface area contributed by atoms with Gasteiger partial charge in [0.1, 0.15) is 6.07 Å². The van der Waals surface area contributed by atoms with E-state index in [9.17, 15) is 31.2 Å². The third-order valence-electron chi connectivity index (χ3n) is 4.46. The summed E-state index contributed by atoms with van der Waals surface area (Å²) in [6.45, 7) is 3.21. The van der Waals surface area contributed by atoms with Gasteiger partial charge in [0, 0.05) is 12.1 Å². The van der Waals surface area contributed by atoms with Crippen molar-refractivity contribution < 1.29 is 35.5 Å². The van der Waals surface area contributed by atoms with Crippen LogP contribution in [0.4, 0.5) is 17.6 Å². The molecule has 1 aromatic heterocycles. The average molecular weight is 441 g/mol. The first kappa shape index (κ1) is 20.0. The maximum absolute atomic E-state index is 13.5. The molecular formula is C18H11F4N3O4S. The van der Waals surface area contributed by atoms with Crippen LogP contribution in [-0.2, 0) is 10.0 Å². The van der Waals surface area contributed by atoms with E-state index in [2.05, 4.69) is 14.5 Å². The van der Waals surface area contributed by atoms with Gasteiger partial charge in [0.15, 0.2) is 11.5 Å². The average Bonchev–Trinajstić information content (AvgIpc) is 3.00. The molecule has 7 nitrogen and oxygen atoms in total. The van der Waals surface area contributed by atoms with Crippen LogP contribution in [0.3, 0.4) is 0 Å². The number of alkyl halides is 4. The lowest BCUT2D eigenvalue weighted by atomic mass is 10.2. The summed E-state index contributed by atoms with van der Waals surface area (Å²) >= 11 is 0. The Hall–Kier alpha value is -3.33. The maximum atomic E-state index is 13.5. The molecule has 156 valence electrons. The van der Waals surface area contributed by atoms with Gasteiger partial charge in [-0.25, -0.2) is 17.4 Å². The molecule has 0 radical (unpaired) electrons. The van der Waals surface area contributed by atoms with Gasteiger partial charge in [-0.3, -0.25) is 0 Å². The van der Waals surface area contributed by atoms with Gasteiger partial charge < -0.3 is 9.47 Å². The normalized spacial score (nSPS) is 17.0. The lowest BCUT2D eigenvalue weighted by molar-refractivity contribution is -0.391. The standard InChI is InChI=1S/C18H11F4N3O4S/c1-9-3-4-10(2)15(5-9)30(26,27)25-12-7-14-13(6-11(12)24-16(25)8-23)28-17(19,20)18(21,22)29-14/h3-7H,1-2H3. The van der Waals surface area contributed by atoms with Gasteiger partial charge in [0.25, 0.3) is 10.0 Å². The number of halogens is 4. The van der Waals surface area contributed by atoms with E-state index in [0.717, 1.165) is 12.1 Å². The first-order chi connectivity index (χ1) is 13.9. The molecule has 0 fully saturated rings. The highest BCUT2D eigenvalue weighted by atomic mass is 32.2. The van der Waals surface area contributed by atoms with E-state index in [0.29, 0.717) is 15.1 Å². The summed E-state index contributed by atoms with van der Waals surface area (Å²) in [5.74, 6) is -2.18. The topological polar surface area (TPSA) is 94.2 Å². The Labute approximate surface area is 167 Å². The highest BCUT2D eigenvalue weighted by Gasteiger charge is 2.66. The Morgan fingerprint density at radius 1 is 1.03 bits per heavy atom. The fourth-order valence-corrected chi connectivity index (χ4v) is 4.74. The number of aromatic nitrogens is 2. The van der Waals surface area contributed by atoms with E-state index in [1.807, 2.05) is 0 Å². The predicted molar refractivity (Wildman–Crippen MR) is 94.1 cm³/mol. The first-order valence-electron chi connectivity index (χ1n) is 8.30. The van der Waals surface area contributed by atoms with E-state index >= 15 is 0 Å². The largest absolute Gasteiger partial charge is 0.507 e. The number of imidazole rings is 1. The fourth-order valence-electron chi connectivity index (χ4n) is 3.02. The minimum atomic E-state index is -4.98. The van der Waals surface area contributed by atoms with Crippen LogP contribution in [0.25, 0.3) is 11.0 Å². The second kappa shape index (κ2) is 6.09. The molecule has 1 aliphatic rings. The van der Waals surface area contributed by atoms with Crippen molar-refractivity contribution >= 4 is 21.1 Å². The van der Waals surface area contributed by atoms with Crippen molar-refractivity contribution in [3.05, 3.63) is 47.3 Å². The molecule has 0 bridgehead atoms. The number of fused-ring (bicyclic) bond motifs is 2. The first-order valence-corrected chi connectivity index (χ1v) is 9.74. The molecule has 0 saturated heterocycles. The van der Waals surface area contributed by atoms with Crippen molar-refractivity contribution in [1.82, 2.24) is 8.96 Å². The van der Waals surface area contributed by atoms with Crippen molar-refractivity contribution in [3.8, 4) is 17.6 Å². The zero-order chi connectivity index (χ0) is 22.1. The van der Waals surface area contributed by atoms with Crippen LogP contribution in [0, 0.1) is 25.2 Å². The Morgan fingerprint density at radius 3 is 2.23 bits per heavy atom. The Kier molecular flexibility index (Phi) is 4.05. The lowest BCUT2D eigenvalue weighted by Gasteiger charge is -2.31. The van der Waals surface area contributed by atoms with E-state index in [-0.39, 0.29) is 15.9 Å². The molecular weight excluding hydrogens is 430 g/mol. The maximum Gasteiger partial charge on any atom is 0.507 e. The summed E-state index contributed by atoms with van der Waals surface area (Å²) in [4.78, 5) is 3.69. The van der Waals surface area contributed by atoms with Gasteiger partial charge in [0.2, 0.25) is 5.82 Å². The van der Waals surface area contributed by atoms with Gasteiger partial charge in [0.05, 0.1) is 15.9 Å². The van der Waals surface area contributed by atoms with E-state index < -0.39 is 39.6 Å². The van der Waals surface area contributed by atoms with E-state index in [4.69, 9.17) is 0 Å². The minimum absolute atomic E-state index is 0.134. The van der Waals surface area contributed by atoms with Gasteiger partial charge in [-0.1, -0.05) is 12.1 Å². The summed E-state index contributed by atoms with van der Waals surface area (Å²) in [6, 6.07) is 7.82. The highest BCUT2D eigenvalue weighted by Crippen LogP contribution is 2.48. The van der Waals surface area contributed by atoms with Crippen LogP contribution in [0.15, 0.2) is 35.2 Å². The molecule has 2 heterocycles. The van der Waals surface area contributed by atoms with Crippen LogP contribution >= 0.6 is 0 Å². The SMILES string of the molecule is Cc1ccc(C)c(S(=O)(=O)n2c(C#N)nc3cc4c(cc32)OC(F)(F)C(F)(F)O4)c1. The quantitative estimate of drug-likeness (QED) is 0.563. The molecule has 0 amide bonds. The zero-order valence-electron chi connectivity index (χ0n) is 15.3. The van der Waals surface area contributed by atoms with Gasteiger partial charge in [-0.15, -0.1) is 0 Å².